The van der Waals surface area contributed by atoms with Crippen LogP contribution in [0.2, 0.25) is 0 Å². The normalized spacial score (nSPS) is 20.2. The molecule has 0 atom stereocenters. The minimum Gasteiger partial charge on any atom is -0.347 e. The Morgan fingerprint density at radius 2 is 1.86 bits per heavy atom. The van der Waals surface area contributed by atoms with E-state index in [4.69, 9.17) is 0 Å². The summed E-state index contributed by atoms with van der Waals surface area (Å²) in [6, 6.07) is 3.43. The van der Waals surface area contributed by atoms with Gasteiger partial charge in [0.1, 0.15) is 49.4 Å². The molecule has 0 bridgehead atoms. The first-order valence-corrected chi connectivity index (χ1v) is 10.5. The lowest BCUT2D eigenvalue weighted by Gasteiger charge is -2.29. The third kappa shape index (κ3) is 5.80. The van der Waals surface area contributed by atoms with E-state index in [2.05, 4.69) is 10.3 Å². The number of carbonyl (C=O) groups excluding carboxylic acids is 1. The van der Waals surface area contributed by atoms with Crippen LogP contribution in [0.25, 0.3) is 11.3 Å². The van der Waals surface area contributed by atoms with Crippen molar-refractivity contribution in [3.8, 4) is 11.3 Å². The summed E-state index contributed by atoms with van der Waals surface area (Å²) >= 11 is 1.48. The molecule has 1 saturated heterocycles. The molecule has 0 unspecified atom stereocenters. The predicted octanol–water partition coefficient (Wildman–Crippen LogP) is 0.286. The topological polar surface area (TPSA) is 50.9 Å². The molecule has 1 aliphatic heterocycles. The number of carbonyl (C=O) groups is 1. The van der Waals surface area contributed by atoms with E-state index in [-0.39, 0.29) is 17.0 Å². The third-order valence-corrected chi connectivity index (χ3v) is 5.60. The van der Waals surface area contributed by atoms with E-state index in [0.29, 0.717) is 12.2 Å². The zero-order chi connectivity index (χ0) is 20.3. The molecule has 8 heteroatoms. The van der Waals surface area contributed by atoms with Gasteiger partial charge in [-0.2, -0.15) is 0 Å². The van der Waals surface area contributed by atoms with Crippen molar-refractivity contribution in [2.75, 3.05) is 32.7 Å². The summed E-state index contributed by atoms with van der Waals surface area (Å²) in [6.07, 6.45) is 0. The quantitative estimate of drug-likeness (QED) is 0.664. The van der Waals surface area contributed by atoms with Crippen LogP contribution in [0.3, 0.4) is 0 Å². The van der Waals surface area contributed by atoms with E-state index >= 15 is 0 Å². The Labute approximate surface area is 168 Å². The minimum absolute atomic E-state index is 0.0904. The fourth-order valence-corrected chi connectivity index (χ4v) is 4.29. The predicted molar refractivity (Wildman–Crippen MR) is 105 cm³/mol. The molecule has 0 spiro atoms. The van der Waals surface area contributed by atoms with Crippen molar-refractivity contribution in [1.82, 2.24) is 10.3 Å². The van der Waals surface area contributed by atoms with E-state index in [1.54, 1.807) is 5.38 Å². The molecule has 5 nitrogen and oxygen atoms in total. The average Bonchev–Trinajstić information content (AvgIpc) is 3.05. The van der Waals surface area contributed by atoms with Crippen molar-refractivity contribution < 1.29 is 23.4 Å². The van der Waals surface area contributed by atoms with Crippen LogP contribution >= 0.6 is 11.3 Å². The molecule has 0 aliphatic carbocycles. The van der Waals surface area contributed by atoms with Crippen molar-refractivity contribution in [3.05, 3.63) is 40.2 Å². The number of hydrogen-bond acceptors (Lipinski definition) is 3. The van der Waals surface area contributed by atoms with Gasteiger partial charge in [0.2, 0.25) is 0 Å². The first-order valence-electron chi connectivity index (χ1n) is 9.57. The van der Waals surface area contributed by atoms with Gasteiger partial charge < -0.3 is 15.1 Å². The monoisotopic (exact) mass is 410 g/mol. The SMILES string of the molecule is CC(C)(C)NC(=O)C[NH+]1CC[NH+](Cc2nc(-c3cc(F)ccc3F)cs2)CC1. The lowest BCUT2D eigenvalue weighted by Crippen LogP contribution is -3.28. The van der Waals surface area contributed by atoms with Crippen LogP contribution in [-0.2, 0) is 11.3 Å². The van der Waals surface area contributed by atoms with Crippen LogP contribution in [0.5, 0.6) is 0 Å². The number of aromatic nitrogens is 1. The molecule has 1 aliphatic rings. The standard InChI is InChI=1S/C20H26F2N4OS/c1-20(2,3)24-18(27)11-25-6-8-26(9-7-25)12-19-23-17(13-28-19)15-10-14(21)4-5-16(15)22/h4-5,10,13H,6-9,11-12H2,1-3H3,(H,24,27)/p+2. The number of hydrogen-bond donors (Lipinski definition) is 3. The van der Waals surface area contributed by atoms with Crippen LogP contribution in [0.15, 0.2) is 23.6 Å². The molecule has 3 rings (SSSR count). The van der Waals surface area contributed by atoms with Crippen molar-refractivity contribution in [3.63, 3.8) is 0 Å². The zero-order valence-corrected chi connectivity index (χ0v) is 17.4. The highest BCUT2D eigenvalue weighted by molar-refractivity contribution is 7.09. The number of nitrogens with zero attached hydrogens (tertiary/aromatic N) is 1. The van der Waals surface area contributed by atoms with E-state index in [1.165, 1.54) is 27.2 Å². The Kier molecular flexibility index (Phi) is 6.42. The Hall–Kier alpha value is -1.90. The van der Waals surface area contributed by atoms with Gasteiger partial charge in [0.25, 0.3) is 5.91 Å². The number of nitrogens with one attached hydrogen (secondary N) is 3. The van der Waals surface area contributed by atoms with Crippen LogP contribution in [0, 0.1) is 11.6 Å². The first kappa shape index (κ1) is 20.8. The molecule has 2 heterocycles. The summed E-state index contributed by atoms with van der Waals surface area (Å²) in [7, 11) is 0. The van der Waals surface area contributed by atoms with Gasteiger partial charge in [0.15, 0.2) is 6.54 Å². The largest absolute Gasteiger partial charge is 0.347 e. The highest BCUT2D eigenvalue weighted by atomic mass is 32.1. The fraction of sp³-hybridized carbons (Fsp3) is 0.500. The second-order valence-corrected chi connectivity index (χ2v) is 9.35. The van der Waals surface area contributed by atoms with Crippen LogP contribution in [0.4, 0.5) is 8.78 Å². The van der Waals surface area contributed by atoms with Gasteiger partial charge >= 0.3 is 0 Å². The van der Waals surface area contributed by atoms with Crippen molar-refractivity contribution in [2.45, 2.75) is 32.9 Å². The second-order valence-electron chi connectivity index (χ2n) is 8.40. The molecular formula is C20H28F2N4OS+2. The maximum absolute atomic E-state index is 13.9. The molecule has 1 aromatic carbocycles. The smallest absolute Gasteiger partial charge is 0.275 e. The molecule has 1 fully saturated rings. The first-order chi connectivity index (χ1) is 13.2. The molecular weight excluding hydrogens is 382 g/mol. The van der Waals surface area contributed by atoms with Crippen LogP contribution in [0.1, 0.15) is 25.8 Å². The fourth-order valence-electron chi connectivity index (χ4n) is 3.42. The van der Waals surface area contributed by atoms with E-state index in [1.807, 2.05) is 20.8 Å². The van der Waals surface area contributed by atoms with Gasteiger partial charge in [0.05, 0.1) is 5.69 Å². The Bertz CT molecular complexity index is 826. The number of piperazine rings is 1. The summed E-state index contributed by atoms with van der Waals surface area (Å²) < 4.78 is 27.3. The van der Waals surface area contributed by atoms with Crippen LogP contribution < -0.4 is 15.1 Å². The van der Waals surface area contributed by atoms with E-state index in [9.17, 15) is 13.6 Å². The molecule has 28 heavy (non-hydrogen) atoms. The number of amides is 1. The van der Waals surface area contributed by atoms with E-state index in [0.717, 1.165) is 49.9 Å². The van der Waals surface area contributed by atoms with Crippen molar-refractivity contribution in [2.24, 2.45) is 0 Å². The molecule has 1 aromatic heterocycles. The maximum Gasteiger partial charge on any atom is 0.275 e. The average molecular weight is 411 g/mol. The lowest BCUT2D eigenvalue weighted by molar-refractivity contribution is -1.02. The number of thiazole rings is 1. The Balaban J connectivity index is 1.51. The highest BCUT2D eigenvalue weighted by Crippen LogP contribution is 2.25. The summed E-state index contributed by atoms with van der Waals surface area (Å²) in [4.78, 5) is 19.3. The van der Waals surface area contributed by atoms with Gasteiger partial charge in [0, 0.05) is 16.5 Å². The summed E-state index contributed by atoms with van der Waals surface area (Å²) in [5.41, 5.74) is 0.490. The van der Waals surface area contributed by atoms with E-state index < -0.39 is 11.6 Å². The van der Waals surface area contributed by atoms with Crippen LogP contribution in [-0.4, -0.2) is 49.2 Å². The molecule has 1 amide bonds. The third-order valence-electron chi connectivity index (χ3n) is 4.75. The van der Waals surface area contributed by atoms with Gasteiger partial charge in [-0.15, -0.1) is 11.3 Å². The van der Waals surface area contributed by atoms with Crippen molar-refractivity contribution in [1.29, 1.82) is 0 Å². The molecule has 152 valence electrons. The maximum atomic E-state index is 13.9. The number of benzene rings is 1. The van der Waals surface area contributed by atoms with Gasteiger partial charge in [-0.3, -0.25) is 4.79 Å². The number of halogens is 2. The lowest BCUT2D eigenvalue weighted by atomic mass is 10.1. The number of rotatable bonds is 5. The zero-order valence-electron chi connectivity index (χ0n) is 16.6. The second kappa shape index (κ2) is 8.63. The molecule has 2 aromatic rings. The van der Waals surface area contributed by atoms with Gasteiger partial charge in [-0.1, -0.05) is 0 Å². The van der Waals surface area contributed by atoms with Gasteiger partial charge in [-0.25, -0.2) is 13.8 Å². The molecule has 0 radical (unpaired) electrons. The summed E-state index contributed by atoms with van der Waals surface area (Å²) in [5, 5.41) is 5.71. The Morgan fingerprint density at radius 1 is 1.18 bits per heavy atom. The van der Waals surface area contributed by atoms with Gasteiger partial charge in [-0.05, 0) is 39.0 Å². The summed E-state index contributed by atoms with van der Waals surface area (Å²) in [6.45, 7) is 11.0. The minimum atomic E-state index is -0.467. The number of quaternary nitrogens is 2. The summed E-state index contributed by atoms with van der Waals surface area (Å²) in [5.74, 6) is -0.838. The highest BCUT2D eigenvalue weighted by Gasteiger charge is 2.27. The Morgan fingerprint density at radius 3 is 2.54 bits per heavy atom. The molecule has 3 N–H and O–H groups in total. The molecule has 0 saturated carbocycles. The van der Waals surface area contributed by atoms with Crippen molar-refractivity contribution >= 4 is 17.2 Å².